The van der Waals surface area contributed by atoms with Gasteiger partial charge in [-0.1, -0.05) is 34.1 Å². The van der Waals surface area contributed by atoms with Crippen molar-refractivity contribution in [2.45, 2.75) is 6.42 Å². The summed E-state index contributed by atoms with van der Waals surface area (Å²) in [4.78, 5) is 4.31. The van der Waals surface area contributed by atoms with Gasteiger partial charge in [0.1, 0.15) is 0 Å². The Morgan fingerprint density at radius 3 is 2.92 bits per heavy atom. The summed E-state index contributed by atoms with van der Waals surface area (Å²) in [6.45, 7) is 0. The van der Waals surface area contributed by atoms with Crippen LogP contribution >= 0.6 is 15.9 Å². The second-order valence-corrected chi connectivity index (χ2v) is 3.72. The van der Waals surface area contributed by atoms with Gasteiger partial charge in [0.2, 0.25) is 0 Å². The molecule has 0 amide bonds. The van der Waals surface area contributed by atoms with E-state index < -0.39 is 0 Å². The first-order valence-electron chi connectivity index (χ1n) is 4.30. The van der Waals surface area contributed by atoms with Gasteiger partial charge < -0.3 is 0 Å². The van der Waals surface area contributed by atoms with Crippen LogP contribution in [0.25, 0.3) is 10.9 Å². The Hall–Kier alpha value is -0.890. The number of hydrogen-bond acceptors (Lipinski definition) is 1. The number of rotatable bonds is 2. The predicted octanol–water partition coefficient (Wildman–Crippen LogP) is 3.17. The molecule has 1 nitrogen and oxygen atoms in total. The molecule has 1 aromatic heterocycles. The first kappa shape index (κ1) is 8.70. The third-order valence-corrected chi connectivity index (χ3v) is 2.50. The van der Waals surface area contributed by atoms with E-state index in [0.717, 1.165) is 17.3 Å². The van der Waals surface area contributed by atoms with Gasteiger partial charge in [0.25, 0.3) is 0 Å². The molecule has 66 valence electrons. The minimum atomic E-state index is 1.00. The fraction of sp³-hybridized carbons (Fsp3) is 0.182. The SMILES string of the molecule is BrCCc1cccc2ncccc12. The quantitative estimate of drug-likeness (QED) is 0.730. The largest absolute Gasteiger partial charge is 0.256 e. The highest BCUT2D eigenvalue weighted by molar-refractivity contribution is 9.09. The standard InChI is InChI=1S/C11H10BrN/c12-7-6-9-3-1-5-11-10(9)4-2-8-13-11/h1-5,8H,6-7H2. The second-order valence-electron chi connectivity index (χ2n) is 2.93. The van der Waals surface area contributed by atoms with E-state index in [0.29, 0.717) is 0 Å². The fourth-order valence-corrected chi connectivity index (χ4v) is 1.91. The minimum Gasteiger partial charge on any atom is -0.256 e. The van der Waals surface area contributed by atoms with Crippen molar-refractivity contribution in [3.8, 4) is 0 Å². The zero-order valence-electron chi connectivity index (χ0n) is 7.20. The number of fused-ring (bicyclic) bond motifs is 1. The summed E-state index contributed by atoms with van der Waals surface area (Å²) in [5.41, 5.74) is 2.45. The van der Waals surface area contributed by atoms with Crippen molar-refractivity contribution in [3.63, 3.8) is 0 Å². The van der Waals surface area contributed by atoms with E-state index in [9.17, 15) is 0 Å². The average Bonchev–Trinajstić information content (AvgIpc) is 2.19. The van der Waals surface area contributed by atoms with Crippen molar-refractivity contribution in [1.82, 2.24) is 4.98 Å². The molecule has 0 aliphatic rings. The van der Waals surface area contributed by atoms with E-state index in [-0.39, 0.29) is 0 Å². The molecular weight excluding hydrogens is 226 g/mol. The van der Waals surface area contributed by atoms with Crippen molar-refractivity contribution >= 4 is 26.8 Å². The van der Waals surface area contributed by atoms with Crippen molar-refractivity contribution in [3.05, 3.63) is 42.1 Å². The Morgan fingerprint density at radius 2 is 2.08 bits per heavy atom. The van der Waals surface area contributed by atoms with Crippen molar-refractivity contribution in [1.29, 1.82) is 0 Å². The number of hydrogen-bond donors (Lipinski definition) is 0. The zero-order chi connectivity index (χ0) is 9.10. The van der Waals surface area contributed by atoms with Crippen molar-refractivity contribution < 1.29 is 0 Å². The highest BCUT2D eigenvalue weighted by Gasteiger charge is 1.98. The number of nitrogens with zero attached hydrogens (tertiary/aromatic N) is 1. The molecular formula is C11H10BrN. The van der Waals surface area contributed by atoms with E-state index in [2.05, 4.69) is 39.1 Å². The molecule has 0 saturated carbocycles. The van der Waals surface area contributed by atoms with E-state index in [1.54, 1.807) is 0 Å². The Bertz CT molecular complexity index is 406. The van der Waals surface area contributed by atoms with Gasteiger partial charge in [0.15, 0.2) is 0 Å². The molecule has 0 unspecified atom stereocenters. The molecule has 0 bridgehead atoms. The lowest BCUT2D eigenvalue weighted by molar-refractivity contribution is 1.19. The number of aromatic nitrogens is 1. The maximum absolute atomic E-state index is 4.31. The summed E-state index contributed by atoms with van der Waals surface area (Å²) in [7, 11) is 0. The van der Waals surface area contributed by atoms with Gasteiger partial charge in [-0.25, -0.2) is 0 Å². The Morgan fingerprint density at radius 1 is 1.15 bits per heavy atom. The van der Waals surface area contributed by atoms with Crippen LogP contribution in [0.4, 0.5) is 0 Å². The molecule has 1 aromatic carbocycles. The summed E-state index contributed by atoms with van der Waals surface area (Å²) in [5.74, 6) is 0. The molecule has 0 saturated heterocycles. The molecule has 2 rings (SSSR count). The van der Waals surface area contributed by atoms with E-state index in [4.69, 9.17) is 0 Å². The summed E-state index contributed by atoms with van der Waals surface area (Å²) in [6.07, 6.45) is 2.89. The smallest absolute Gasteiger partial charge is 0.0704 e. The van der Waals surface area contributed by atoms with Gasteiger partial charge in [0, 0.05) is 16.9 Å². The lowest BCUT2D eigenvalue weighted by atomic mass is 10.1. The van der Waals surface area contributed by atoms with E-state index in [1.165, 1.54) is 10.9 Å². The summed E-state index contributed by atoms with van der Waals surface area (Å²) in [5, 5.41) is 2.27. The molecule has 0 fully saturated rings. The summed E-state index contributed by atoms with van der Waals surface area (Å²) < 4.78 is 0. The van der Waals surface area contributed by atoms with Crippen LogP contribution in [-0.2, 0) is 6.42 Å². The number of aryl methyl sites for hydroxylation is 1. The Labute approximate surface area is 85.9 Å². The summed E-state index contributed by atoms with van der Waals surface area (Å²) in [6, 6.07) is 10.4. The van der Waals surface area contributed by atoms with Gasteiger partial charge in [-0.15, -0.1) is 0 Å². The highest BCUT2D eigenvalue weighted by Crippen LogP contribution is 2.17. The number of pyridine rings is 1. The number of benzene rings is 1. The highest BCUT2D eigenvalue weighted by atomic mass is 79.9. The summed E-state index contributed by atoms with van der Waals surface area (Å²) >= 11 is 3.45. The molecule has 2 aromatic rings. The van der Waals surface area contributed by atoms with Gasteiger partial charge in [-0.3, -0.25) is 4.98 Å². The Balaban J connectivity index is 2.61. The van der Waals surface area contributed by atoms with Crippen LogP contribution in [0.15, 0.2) is 36.5 Å². The maximum atomic E-state index is 4.31. The van der Waals surface area contributed by atoms with Crippen LogP contribution in [0.3, 0.4) is 0 Å². The van der Waals surface area contributed by atoms with Crippen LogP contribution < -0.4 is 0 Å². The van der Waals surface area contributed by atoms with Crippen LogP contribution in [-0.4, -0.2) is 10.3 Å². The van der Waals surface area contributed by atoms with Crippen LogP contribution in [0.5, 0.6) is 0 Å². The number of alkyl halides is 1. The lowest BCUT2D eigenvalue weighted by Crippen LogP contribution is -1.88. The molecule has 0 aliphatic heterocycles. The van der Waals surface area contributed by atoms with Crippen LogP contribution in [0.2, 0.25) is 0 Å². The minimum absolute atomic E-state index is 1.00. The van der Waals surface area contributed by atoms with E-state index in [1.807, 2.05) is 18.3 Å². The third-order valence-electron chi connectivity index (χ3n) is 2.10. The van der Waals surface area contributed by atoms with Gasteiger partial charge in [-0.05, 0) is 24.1 Å². The number of halogens is 1. The molecule has 0 N–H and O–H groups in total. The van der Waals surface area contributed by atoms with E-state index >= 15 is 0 Å². The first-order chi connectivity index (χ1) is 6.42. The van der Waals surface area contributed by atoms with Gasteiger partial charge in [0.05, 0.1) is 5.52 Å². The van der Waals surface area contributed by atoms with Crippen molar-refractivity contribution in [2.75, 3.05) is 5.33 Å². The van der Waals surface area contributed by atoms with Gasteiger partial charge in [-0.2, -0.15) is 0 Å². The second kappa shape index (κ2) is 3.88. The Kier molecular flexibility index (Phi) is 2.60. The molecule has 0 radical (unpaired) electrons. The molecule has 1 heterocycles. The topological polar surface area (TPSA) is 12.9 Å². The van der Waals surface area contributed by atoms with Crippen LogP contribution in [0.1, 0.15) is 5.56 Å². The normalized spacial score (nSPS) is 10.5. The first-order valence-corrected chi connectivity index (χ1v) is 5.42. The predicted molar refractivity (Wildman–Crippen MR) is 59.2 cm³/mol. The maximum Gasteiger partial charge on any atom is 0.0704 e. The molecule has 0 spiro atoms. The average molecular weight is 236 g/mol. The zero-order valence-corrected chi connectivity index (χ0v) is 8.79. The fourth-order valence-electron chi connectivity index (χ4n) is 1.49. The molecule has 13 heavy (non-hydrogen) atoms. The van der Waals surface area contributed by atoms with Gasteiger partial charge >= 0.3 is 0 Å². The molecule has 0 atom stereocenters. The monoisotopic (exact) mass is 235 g/mol. The third kappa shape index (κ3) is 1.73. The lowest BCUT2D eigenvalue weighted by Gasteiger charge is -2.02. The molecule has 0 aliphatic carbocycles. The van der Waals surface area contributed by atoms with Crippen LogP contribution in [0, 0.1) is 0 Å². The molecule has 2 heteroatoms. The van der Waals surface area contributed by atoms with Crippen molar-refractivity contribution in [2.24, 2.45) is 0 Å².